The Kier molecular flexibility index (Phi) is 5.32. The van der Waals surface area contributed by atoms with Crippen molar-refractivity contribution in [2.75, 3.05) is 10.5 Å². The maximum atomic E-state index is 12.0. The molecule has 0 amide bonds. The van der Waals surface area contributed by atoms with Crippen LogP contribution in [0.3, 0.4) is 0 Å². The van der Waals surface area contributed by atoms with E-state index in [1.165, 1.54) is 0 Å². The third kappa shape index (κ3) is 5.71. The molecule has 1 rings (SSSR count). The molecular weight excluding hydrogens is 350 g/mol. The number of halogens is 2. The van der Waals surface area contributed by atoms with Crippen LogP contribution in [0.1, 0.15) is 32.8 Å². The standard InChI is InChI=1S/C13H19BrClNO2S/c1-9-7-10(14)12(8-11(9)15)16-19(17,18)6-5-13(2,3)4/h7-8,16H,5-6H2,1-4H3. The Balaban J connectivity index is 2.87. The van der Waals surface area contributed by atoms with Gasteiger partial charge in [0, 0.05) is 9.50 Å². The van der Waals surface area contributed by atoms with Gasteiger partial charge in [0.15, 0.2) is 0 Å². The summed E-state index contributed by atoms with van der Waals surface area (Å²) in [6, 6.07) is 3.42. The van der Waals surface area contributed by atoms with Crippen molar-refractivity contribution >= 4 is 43.2 Å². The Morgan fingerprint density at radius 2 is 1.89 bits per heavy atom. The van der Waals surface area contributed by atoms with Crippen molar-refractivity contribution in [3.63, 3.8) is 0 Å². The number of benzene rings is 1. The highest BCUT2D eigenvalue weighted by atomic mass is 79.9. The zero-order chi connectivity index (χ0) is 14.8. The minimum Gasteiger partial charge on any atom is -0.282 e. The molecule has 0 aliphatic rings. The SMILES string of the molecule is Cc1cc(Br)c(NS(=O)(=O)CCC(C)(C)C)cc1Cl. The average molecular weight is 369 g/mol. The van der Waals surface area contributed by atoms with E-state index in [2.05, 4.69) is 20.7 Å². The quantitative estimate of drug-likeness (QED) is 0.845. The van der Waals surface area contributed by atoms with E-state index in [0.717, 1.165) is 5.56 Å². The van der Waals surface area contributed by atoms with Crippen LogP contribution in [-0.2, 0) is 10.0 Å². The molecule has 0 unspecified atom stereocenters. The van der Waals surface area contributed by atoms with Crippen LogP contribution in [0.2, 0.25) is 5.02 Å². The van der Waals surface area contributed by atoms with E-state index in [1.807, 2.05) is 27.7 Å². The maximum absolute atomic E-state index is 12.0. The van der Waals surface area contributed by atoms with E-state index in [9.17, 15) is 8.42 Å². The van der Waals surface area contributed by atoms with Gasteiger partial charge in [-0.15, -0.1) is 0 Å². The highest BCUT2D eigenvalue weighted by Crippen LogP contribution is 2.30. The first-order chi connectivity index (χ1) is 8.50. The minimum absolute atomic E-state index is 0.0170. The van der Waals surface area contributed by atoms with E-state index in [-0.39, 0.29) is 11.2 Å². The molecule has 1 aromatic carbocycles. The van der Waals surface area contributed by atoms with Gasteiger partial charge >= 0.3 is 0 Å². The van der Waals surface area contributed by atoms with Crippen molar-refractivity contribution in [2.45, 2.75) is 34.1 Å². The molecule has 0 aliphatic carbocycles. The first kappa shape index (κ1) is 16.8. The molecule has 0 heterocycles. The Labute approximate surface area is 128 Å². The highest BCUT2D eigenvalue weighted by molar-refractivity contribution is 9.10. The van der Waals surface area contributed by atoms with Crippen molar-refractivity contribution in [1.29, 1.82) is 0 Å². The number of hydrogen-bond acceptors (Lipinski definition) is 2. The molecule has 3 nitrogen and oxygen atoms in total. The van der Waals surface area contributed by atoms with Crippen LogP contribution < -0.4 is 4.72 Å². The second-order valence-electron chi connectivity index (χ2n) is 5.81. The number of hydrogen-bond donors (Lipinski definition) is 1. The predicted molar refractivity (Wildman–Crippen MR) is 85.4 cm³/mol. The number of rotatable bonds is 4. The Morgan fingerprint density at radius 1 is 1.32 bits per heavy atom. The third-order valence-corrected chi connectivity index (χ3v) is 4.97. The molecule has 0 bridgehead atoms. The minimum atomic E-state index is -3.36. The molecular formula is C13H19BrClNO2S. The van der Waals surface area contributed by atoms with Crippen LogP contribution in [0.25, 0.3) is 0 Å². The second-order valence-corrected chi connectivity index (χ2v) is 8.92. The fraction of sp³-hybridized carbons (Fsp3) is 0.538. The monoisotopic (exact) mass is 367 g/mol. The zero-order valence-corrected chi connectivity index (χ0v) is 14.7. The first-order valence-electron chi connectivity index (χ1n) is 5.96. The average Bonchev–Trinajstić information content (AvgIpc) is 2.22. The summed E-state index contributed by atoms with van der Waals surface area (Å²) in [6.07, 6.45) is 0.597. The Bertz CT molecular complexity index is 565. The summed E-state index contributed by atoms with van der Waals surface area (Å²) >= 11 is 9.35. The van der Waals surface area contributed by atoms with Crippen LogP contribution in [0.15, 0.2) is 16.6 Å². The predicted octanol–water partition coefficient (Wildman–Crippen LogP) is 4.59. The summed E-state index contributed by atoms with van der Waals surface area (Å²) < 4.78 is 27.3. The van der Waals surface area contributed by atoms with Gasteiger partial charge in [-0.05, 0) is 52.4 Å². The van der Waals surface area contributed by atoms with Gasteiger partial charge in [-0.1, -0.05) is 32.4 Å². The summed E-state index contributed by atoms with van der Waals surface area (Å²) in [4.78, 5) is 0. The first-order valence-corrected chi connectivity index (χ1v) is 8.79. The fourth-order valence-electron chi connectivity index (χ4n) is 1.38. The van der Waals surface area contributed by atoms with Gasteiger partial charge in [-0.3, -0.25) is 4.72 Å². The van der Waals surface area contributed by atoms with Crippen molar-refractivity contribution in [3.05, 3.63) is 27.2 Å². The summed E-state index contributed by atoms with van der Waals surface area (Å²) in [5.41, 5.74) is 1.35. The lowest BCUT2D eigenvalue weighted by atomic mass is 9.94. The van der Waals surface area contributed by atoms with Crippen molar-refractivity contribution in [3.8, 4) is 0 Å². The third-order valence-electron chi connectivity index (χ3n) is 2.63. The number of nitrogens with one attached hydrogen (secondary N) is 1. The summed E-state index contributed by atoms with van der Waals surface area (Å²) in [5, 5.41) is 0.539. The molecule has 0 spiro atoms. The smallest absolute Gasteiger partial charge is 0.232 e. The molecule has 19 heavy (non-hydrogen) atoms. The van der Waals surface area contributed by atoms with E-state index in [4.69, 9.17) is 11.6 Å². The van der Waals surface area contributed by atoms with E-state index in [1.54, 1.807) is 12.1 Å². The summed E-state index contributed by atoms with van der Waals surface area (Å²) in [5.74, 6) is 0.0917. The van der Waals surface area contributed by atoms with E-state index >= 15 is 0 Å². The van der Waals surface area contributed by atoms with Gasteiger partial charge in [0.2, 0.25) is 10.0 Å². The number of sulfonamides is 1. The van der Waals surface area contributed by atoms with Crippen LogP contribution in [-0.4, -0.2) is 14.2 Å². The molecule has 1 N–H and O–H groups in total. The molecule has 0 saturated carbocycles. The molecule has 108 valence electrons. The van der Waals surface area contributed by atoms with Gasteiger partial charge < -0.3 is 0 Å². The van der Waals surface area contributed by atoms with E-state index < -0.39 is 10.0 Å². The molecule has 0 aliphatic heterocycles. The van der Waals surface area contributed by atoms with E-state index in [0.29, 0.717) is 21.6 Å². The van der Waals surface area contributed by atoms with Crippen LogP contribution in [0.4, 0.5) is 5.69 Å². The lowest BCUT2D eigenvalue weighted by Gasteiger charge is -2.18. The molecule has 0 radical (unpaired) electrons. The van der Waals surface area contributed by atoms with Gasteiger partial charge in [0.25, 0.3) is 0 Å². The summed E-state index contributed by atoms with van der Waals surface area (Å²) in [6.45, 7) is 7.91. The zero-order valence-electron chi connectivity index (χ0n) is 11.5. The largest absolute Gasteiger partial charge is 0.282 e. The van der Waals surface area contributed by atoms with Crippen LogP contribution in [0, 0.1) is 12.3 Å². The van der Waals surface area contributed by atoms with Gasteiger partial charge in [-0.25, -0.2) is 8.42 Å². The van der Waals surface area contributed by atoms with Crippen molar-refractivity contribution in [2.24, 2.45) is 5.41 Å². The number of anilines is 1. The molecule has 0 atom stereocenters. The van der Waals surface area contributed by atoms with Crippen LogP contribution in [0.5, 0.6) is 0 Å². The molecule has 0 saturated heterocycles. The normalized spacial score (nSPS) is 12.5. The lowest BCUT2D eigenvalue weighted by Crippen LogP contribution is -2.21. The topological polar surface area (TPSA) is 46.2 Å². The fourth-order valence-corrected chi connectivity index (χ4v) is 3.72. The molecule has 0 aromatic heterocycles. The second kappa shape index (κ2) is 6.02. The van der Waals surface area contributed by atoms with Gasteiger partial charge in [0.05, 0.1) is 11.4 Å². The molecule has 6 heteroatoms. The molecule has 1 aromatic rings. The summed E-state index contributed by atoms with van der Waals surface area (Å²) in [7, 11) is -3.36. The Morgan fingerprint density at radius 3 is 2.42 bits per heavy atom. The Hall–Kier alpha value is -0.260. The number of aryl methyl sites for hydroxylation is 1. The highest BCUT2D eigenvalue weighted by Gasteiger charge is 2.18. The van der Waals surface area contributed by atoms with Gasteiger partial charge in [-0.2, -0.15) is 0 Å². The molecule has 0 fully saturated rings. The maximum Gasteiger partial charge on any atom is 0.232 e. The lowest BCUT2D eigenvalue weighted by molar-refractivity contribution is 0.397. The van der Waals surface area contributed by atoms with Gasteiger partial charge in [0.1, 0.15) is 0 Å². The van der Waals surface area contributed by atoms with Crippen LogP contribution >= 0.6 is 27.5 Å². The van der Waals surface area contributed by atoms with Crippen molar-refractivity contribution < 1.29 is 8.42 Å². The van der Waals surface area contributed by atoms with Crippen molar-refractivity contribution in [1.82, 2.24) is 0 Å².